The molecular formula is C11H11BrO. The van der Waals surface area contributed by atoms with E-state index in [1.54, 1.807) is 0 Å². The first-order chi connectivity index (χ1) is 6.34. The second kappa shape index (κ2) is 5.80. The zero-order valence-electron chi connectivity index (χ0n) is 7.29. The summed E-state index contributed by atoms with van der Waals surface area (Å²) in [7, 11) is 0. The van der Waals surface area contributed by atoms with Gasteiger partial charge in [-0.15, -0.1) is 12.3 Å². The van der Waals surface area contributed by atoms with Gasteiger partial charge in [0, 0.05) is 10.9 Å². The topological polar surface area (TPSA) is 9.23 Å². The molecule has 0 saturated carbocycles. The molecule has 0 aromatic heterocycles. The maximum atomic E-state index is 5.37. The van der Waals surface area contributed by atoms with Gasteiger partial charge in [0.1, 0.15) is 0 Å². The fourth-order valence-corrected chi connectivity index (χ4v) is 1.33. The number of rotatable bonds is 4. The third-order valence-corrected chi connectivity index (χ3v) is 2.38. The average Bonchev–Trinajstić information content (AvgIpc) is 2.15. The van der Waals surface area contributed by atoms with E-state index in [4.69, 9.17) is 11.2 Å². The highest BCUT2D eigenvalue weighted by atomic mass is 79.9. The van der Waals surface area contributed by atoms with Crippen LogP contribution in [0.5, 0.6) is 0 Å². The van der Waals surface area contributed by atoms with Crippen LogP contribution in [-0.2, 0) is 11.3 Å². The average molecular weight is 239 g/mol. The van der Waals surface area contributed by atoms with E-state index in [1.807, 2.05) is 24.3 Å². The van der Waals surface area contributed by atoms with Gasteiger partial charge in [0.2, 0.25) is 0 Å². The van der Waals surface area contributed by atoms with E-state index in [9.17, 15) is 0 Å². The van der Waals surface area contributed by atoms with Crippen LogP contribution in [0.3, 0.4) is 0 Å². The molecule has 0 atom stereocenters. The lowest BCUT2D eigenvalue weighted by atomic mass is 10.2. The van der Waals surface area contributed by atoms with Crippen LogP contribution in [0, 0.1) is 12.3 Å². The molecule has 0 aliphatic heterocycles. The van der Waals surface area contributed by atoms with Crippen molar-refractivity contribution >= 4 is 15.9 Å². The first kappa shape index (κ1) is 10.3. The number of hydrogen-bond donors (Lipinski definition) is 0. The number of hydrogen-bond acceptors (Lipinski definition) is 1. The first-order valence-electron chi connectivity index (χ1n) is 4.09. The van der Waals surface area contributed by atoms with E-state index < -0.39 is 0 Å². The van der Waals surface area contributed by atoms with Gasteiger partial charge in [0.05, 0.1) is 13.2 Å². The van der Waals surface area contributed by atoms with Crippen molar-refractivity contribution in [1.29, 1.82) is 0 Å². The van der Waals surface area contributed by atoms with Crippen molar-refractivity contribution in [3.63, 3.8) is 0 Å². The van der Waals surface area contributed by atoms with E-state index in [2.05, 4.69) is 21.9 Å². The molecule has 0 heterocycles. The second-order valence-corrected chi connectivity index (χ2v) is 3.45. The monoisotopic (exact) mass is 238 g/mol. The van der Waals surface area contributed by atoms with Crippen molar-refractivity contribution in [3.05, 3.63) is 34.3 Å². The minimum atomic E-state index is 0.614. The van der Waals surface area contributed by atoms with Crippen molar-refractivity contribution in [2.75, 3.05) is 6.61 Å². The Morgan fingerprint density at radius 2 is 2.15 bits per heavy atom. The summed E-state index contributed by atoms with van der Waals surface area (Å²) in [5.74, 6) is 2.53. The summed E-state index contributed by atoms with van der Waals surface area (Å²) in [6.07, 6.45) is 5.77. The van der Waals surface area contributed by atoms with E-state index >= 15 is 0 Å². The molecule has 0 amide bonds. The predicted octanol–water partition coefficient (Wildman–Crippen LogP) is 2.99. The smallest absolute Gasteiger partial charge is 0.0728 e. The van der Waals surface area contributed by atoms with Gasteiger partial charge in [-0.05, 0) is 11.6 Å². The zero-order valence-corrected chi connectivity index (χ0v) is 8.88. The van der Waals surface area contributed by atoms with Crippen molar-refractivity contribution in [2.45, 2.75) is 13.0 Å². The van der Waals surface area contributed by atoms with E-state index in [1.165, 1.54) is 0 Å². The zero-order chi connectivity index (χ0) is 9.52. The Labute approximate surface area is 87.2 Å². The maximum absolute atomic E-state index is 5.37. The van der Waals surface area contributed by atoms with Gasteiger partial charge < -0.3 is 4.74 Å². The SMILES string of the molecule is C#CCCOCc1ccccc1Br. The Bertz CT molecular complexity index is 301. The molecule has 0 saturated heterocycles. The first-order valence-corrected chi connectivity index (χ1v) is 4.88. The van der Waals surface area contributed by atoms with E-state index in [0.717, 1.165) is 10.0 Å². The number of terminal acetylenes is 1. The molecule has 1 aromatic carbocycles. The lowest BCUT2D eigenvalue weighted by molar-refractivity contribution is 0.126. The van der Waals surface area contributed by atoms with Crippen molar-refractivity contribution in [3.8, 4) is 12.3 Å². The molecule has 1 nitrogen and oxygen atoms in total. The fourth-order valence-electron chi connectivity index (χ4n) is 0.929. The summed E-state index contributed by atoms with van der Waals surface area (Å²) in [5, 5.41) is 0. The van der Waals surface area contributed by atoms with Gasteiger partial charge in [-0.25, -0.2) is 0 Å². The molecule has 0 N–H and O–H groups in total. The standard InChI is InChI=1S/C11H11BrO/c1-2-3-8-13-9-10-6-4-5-7-11(10)12/h1,4-7H,3,8-9H2. The Morgan fingerprint density at radius 1 is 1.38 bits per heavy atom. The van der Waals surface area contributed by atoms with Crippen LogP contribution in [0.1, 0.15) is 12.0 Å². The van der Waals surface area contributed by atoms with Crippen molar-refractivity contribution < 1.29 is 4.74 Å². The van der Waals surface area contributed by atoms with Crippen LogP contribution < -0.4 is 0 Å². The summed E-state index contributed by atoms with van der Waals surface area (Å²) in [4.78, 5) is 0. The molecule has 1 aromatic rings. The van der Waals surface area contributed by atoms with Crippen LogP contribution in [0.15, 0.2) is 28.7 Å². The summed E-state index contributed by atoms with van der Waals surface area (Å²) in [6.45, 7) is 1.24. The van der Waals surface area contributed by atoms with Gasteiger partial charge in [-0.3, -0.25) is 0 Å². The molecule has 2 heteroatoms. The number of halogens is 1. The van der Waals surface area contributed by atoms with E-state index in [-0.39, 0.29) is 0 Å². The Hall–Kier alpha value is -0.780. The number of benzene rings is 1. The summed E-state index contributed by atoms with van der Waals surface area (Å²) >= 11 is 3.45. The molecule has 68 valence electrons. The lowest BCUT2D eigenvalue weighted by Gasteiger charge is -2.03. The summed E-state index contributed by atoms with van der Waals surface area (Å²) < 4.78 is 6.45. The second-order valence-electron chi connectivity index (χ2n) is 2.60. The van der Waals surface area contributed by atoms with E-state index in [0.29, 0.717) is 19.6 Å². The highest BCUT2D eigenvalue weighted by Gasteiger charge is 1.96. The molecule has 0 aliphatic carbocycles. The van der Waals surface area contributed by atoms with Crippen molar-refractivity contribution in [1.82, 2.24) is 0 Å². The molecular weight excluding hydrogens is 228 g/mol. The predicted molar refractivity (Wildman–Crippen MR) is 57.2 cm³/mol. The van der Waals surface area contributed by atoms with Crippen LogP contribution in [-0.4, -0.2) is 6.61 Å². The molecule has 1 rings (SSSR count). The van der Waals surface area contributed by atoms with Crippen molar-refractivity contribution in [2.24, 2.45) is 0 Å². The minimum Gasteiger partial charge on any atom is -0.376 e. The van der Waals surface area contributed by atoms with Crippen LogP contribution >= 0.6 is 15.9 Å². The summed E-state index contributed by atoms with van der Waals surface area (Å²) in [5.41, 5.74) is 1.15. The van der Waals surface area contributed by atoms with Crippen LogP contribution in [0.2, 0.25) is 0 Å². The molecule has 0 spiro atoms. The number of ether oxygens (including phenoxy) is 1. The largest absolute Gasteiger partial charge is 0.376 e. The molecule has 0 aliphatic rings. The summed E-state index contributed by atoms with van der Waals surface area (Å²) in [6, 6.07) is 8.00. The van der Waals surface area contributed by atoms with Crippen LogP contribution in [0.25, 0.3) is 0 Å². The Morgan fingerprint density at radius 3 is 2.85 bits per heavy atom. The van der Waals surface area contributed by atoms with Gasteiger partial charge in [-0.1, -0.05) is 34.1 Å². The Kier molecular flexibility index (Phi) is 4.59. The van der Waals surface area contributed by atoms with Gasteiger partial charge in [0.15, 0.2) is 0 Å². The third-order valence-electron chi connectivity index (χ3n) is 1.61. The molecule has 0 unspecified atom stereocenters. The van der Waals surface area contributed by atoms with Crippen LogP contribution in [0.4, 0.5) is 0 Å². The molecule has 0 fully saturated rings. The highest BCUT2D eigenvalue weighted by Crippen LogP contribution is 2.16. The fraction of sp³-hybridized carbons (Fsp3) is 0.273. The highest BCUT2D eigenvalue weighted by molar-refractivity contribution is 9.10. The third kappa shape index (κ3) is 3.63. The maximum Gasteiger partial charge on any atom is 0.0728 e. The lowest BCUT2D eigenvalue weighted by Crippen LogP contribution is -1.94. The molecule has 0 bridgehead atoms. The molecule has 0 radical (unpaired) electrons. The minimum absolute atomic E-state index is 0.614. The Balaban J connectivity index is 2.37. The quantitative estimate of drug-likeness (QED) is 0.579. The normalized spacial score (nSPS) is 9.54. The molecule has 13 heavy (non-hydrogen) atoms. The van der Waals surface area contributed by atoms with Gasteiger partial charge in [-0.2, -0.15) is 0 Å². The van der Waals surface area contributed by atoms with Gasteiger partial charge in [0.25, 0.3) is 0 Å². The van der Waals surface area contributed by atoms with Gasteiger partial charge >= 0.3 is 0 Å².